The molecule has 0 saturated carbocycles. The van der Waals surface area contributed by atoms with E-state index in [1.165, 1.54) is 18.2 Å². The molecule has 31 heavy (non-hydrogen) atoms. The van der Waals surface area contributed by atoms with Crippen LogP contribution >= 0.6 is 11.8 Å². The van der Waals surface area contributed by atoms with Gasteiger partial charge in [-0.3, -0.25) is 14.9 Å². The zero-order valence-electron chi connectivity index (χ0n) is 17.6. The average Bonchev–Trinajstić information content (AvgIpc) is 2.97. The second-order valence-electron chi connectivity index (χ2n) is 8.36. The molecule has 2 fully saturated rings. The number of benzene rings is 1. The first-order valence-corrected chi connectivity index (χ1v) is 10.7. The van der Waals surface area contributed by atoms with Crippen molar-refractivity contribution in [2.75, 3.05) is 18.0 Å². The molecular formula is C21H25N3O6S. The highest BCUT2D eigenvalue weighted by molar-refractivity contribution is 8.18. The molecule has 2 saturated heterocycles. The summed E-state index contributed by atoms with van der Waals surface area (Å²) in [7, 11) is 0. The minimum absolute atomic E-state index is 0.0748. The number of carbonyl (C=O) groups is 4. The van der Waals surface area contributed by atoms with Crippen molar-refractivity contribution in [3.05, 3.63) is 34.2 Å². The Labute approximate surface area is 184 Å². The number of aromatic carboxylic acids is 1. The number of ether oxygens (including phenoxy) is 1. The molecule has 0 aliphatic carbocycles. The Hall–Kier alpha value is -3.01. The second-order valence-corrected chi connectivity index (χ2v) is 9.38. The Balaban J connectivity index is 1.84. The summed E-state index contributed by atoms with van der Waals surface area (Å²) in [5, 5.41) is 14.0. The van der Waals surface area contributed by atoms with Crippen molar-refractivity contribution in [1.29, 1.82) is 0 Å². The SMILES string of the molecule is CC(C)(C)OC(=O)NC1CCCN(c2ccc(C(=O)O)cc2/C=C2/SC(=O)NC2=O)C1. The van der Waals surface area contributed by atoms with Gasteiger partial charge in [0.25, 0.3) is 11.1 Å². The zero-order valence-corrected chi connectivity index (χ0v) is 18.4. The molecule has 1 aromatic rings. The van der Waals surface area contributed by atoms with Crippen LogP contribution in [-0.4, -0.2) is 53.0 Å². The number of nitrogens with zero attached hydrogens (tertiary/aromatic N) is 1. The Morgan fingerprint density at radius 3 is 2.68 bits per heavy atom. The maximum absolute atomic E-state index is 12.1. The van der Waals surface area contributed by atoms with Crippen molar-refractivity contribution in [3.8, 4) is 0 Å². The average molecular weight is 448 g/mol. The van der Waals surface area contributed by atoms with Gasteiger partial charge in [0.2, 0.25) is 0 Å². The van der Waals surface area contributed by atoms with E-state index in [0.29, 0.717) is 18.7 Å². The van der Waals surface area contributed by atoms with Gasteiger partial charge in [0.05, 0.1) is 10.5 Å². The van der Waals surface area contributed by atoms with Gasteiger partial charge in [0.15, 0.2) is 0 Å². The number of thioether (sulfide) groups is 1. The third-order valence-electron chi connectivity index (χ3n) is 4.69. The molecule has 1 atom stereocenters. The zero-order chi connectivity index (χ0) is 22.8. The van der Waals surface area contributed by atoms with Gasteiger partial charge >= 0.3 is 12.1 Å². The number of rotatable bonds is 4. The third-order valence-corrected chi connectivity index (χ3v) is 5.50. The highest BCUT2D eigenvalue weighted by Gasteiger charge is 2.28. The van der Waals surface area contributed by atoms with Crippen molar-refractivity contribution >= 4 is 46.7 Å². The second kappa shape index (κ2) is 9.01. The largest absolute Gasteiger partial charge is 0.478 e. The molecule has 0 aromatic heterocycles. The fourth-order valence-corrected chi connectivity index (χ4v) is 4.11. The van der Waals surface area contributed by atoms with Gasteiger partial charge in [-0.1, -0.05) is 0 Å². The number of imide groups is 1. The van der Waals surface area contributed by atoms with E-state index in [-0.39, 0.29) is 16.5 Å². The predicted octanol–water partition coefficient (Wildman–Crippen LogP) is 3.20. The lowest BCUT2D eigenvalue weighted by atomic mass is 10.0. The van der Waals surface area contributed by atoms with Crippen molar-refractivity contribution in [2.45, 2.75) is 45.3 Å². The maximum Gasteiger partial charge on any atom is 0.407 e. The van der Waals surface area contributed by atoms with Crippen LogP contribution in [0.1, 0.15) is 49.5 Å². The number of alkyl carbamates (subject to hydrolysis) is 1. The molecule has 3 amide bonds. The number of amides is 3. The monoisotopic (exact) mass is 447 g/mol. The van der Waals surface area contributed by atoms with Crippen LogP contribution in [0, 0.1) is 0 Å². The quantitative estimate of drug-likeness (QED) is 0.601. The first-order chi connectivity index (χ1) is 14.5. The third kappa shape index (κ3) is 6.00. The summed E-state index contributed by atoms with van der Waals surface area (Å²) in [6.45, 7) is 6.59. The summed E-state index contributed by atoms with van der Waals surface area (Å²) in [6, 6.07) is 4.52. The molecule has 3 rings (SSSR count). The molecule has 3 N–H and O–H groups in total. The number of anilines is 1. The molecule has 1 unspecified atom stereocenters. The van der Waals surface area contributed by atoms with E-state index >= 15 is 0 Å². The minimum atomic E-state index is -1.09. The fraction of sp³-hybridized carbons (Fsp3) is 0.429. The summed E-state index contributed by atoms with van der Waals surface area (Å²) in [5.41, 5.74) is 0.721. The van der Waals surface area contributed by atoms with E-state index in [2.05, 4.69) is 10.6 Å². The van der Waals surface area contributed by atoms with E-state index < -0.39 is 28.8 Å². The van der Waals surface area contributed by atoms with Crippen LogP contribution in [0.2, 0.25) is 0 Å². The van der Waals surface area contributed by atoms with Crippen LogP contribution in [0.15, 0.2) is 23.1 Å². The summed E-state index contributed by atoms with van der Waals surface area (Å²) in [5.74, 6) is -1.60. The molecule has 166 valence electrons. The van der Waals surface area contributed by atoms with Gasteiger partial charge in [-0.05, 0) is 75.2 Å². The predicted molar refractivity (Wildman–Crippen MR) is 117 cm³/mol. The van der Waals surface area contributed by atoms with Gasteiger partial charge in [-0.2, -0.15) is 0 Å². The number of piperidine rings is 1. The van der Waals surface area contributed by atoms with Gasteiger partial charge in [0, 0.05) is 24.8 Å². The smallest absolute Gasteiger partial charge is 0.407 e. The molecule has 10 heteroatoms. The number of carbonyl (C=O) groups excluding carboxylic acids is 3. The Bertz CT molecular complexity index is 953. The Morgan fingerprint density at radius 1 is 1.32 bits per heavy atom. The highest BCUT2D eigenvalue weighted by atomic mass is 32.2. The topological polar surface area (TPSA) is 125 Å². The van der Waals surface area contributed by atoms with Crippen molar-refractivity contribution < 1.29 is 29.0 Å². The normalized spacial score (nSPS) is 20.5. The Kier molecular flexibility index (Phi) is 6.59. The first-order valence-electron chi connectivity index (χ1n) is 9.88. The minimum Gasteiger partial charge on any atom is -0.478 e. The van der Waals surface area contributed by atoms with Gasteiger partial charge < -0.3 is 20.1 Å². The molecule has 2 aliphatic rings. The molecule has 2 aliphatic heterocycles. The number of nitrogens with one attached hydrogen (secondary N) is 2. The fourth-order valence-electron chi connectivity index (χ4n) is 3.44. The van der Waals surface area contributed by atoms with Crippen LogP contribution in [0.25, 0.3) is 6.08 Å². The molecule has 2 heterocycles. The van der Waals surface area contributed by atoms with Crippen molar-refractivity contribution in [3.63, 3.8) is 0 Å². The molecule has 0 radical (unpaired) electrons. The van der Waals surface area contributed by atoms with E-state index in [4.69, 9.17) is 4.74 Å². The van der Waals surface area contributed by atoms with Gasteiger partial charge in [0.1, 0.15) is 5.60 Å². The van der Waals surface area contributed by atoms with E-state index in [1.54, 1.807) is 26.8 Å². The lowest BCUT2D eigenvalue weighted by Gasteiger charge is -2.36. The van der Waals surface area contributed by atoms with Gasteiger partial charge in [-0.25, -0.2) is 9.59 Å². The first kappa shape index (κ1) is 22.7. The van der Waals surface area contributed by atoms with E-state index in [9.17, 15) is 24.3 Å². The lowest BCUT2D eigenvalue weighted by Crippen LogP contribution is -2.49. The summed E-state index contributed by atoms with van der Waals surface area (Å²) >= 11 is 0.774. The molecule has 9 nitrogen and oxygen atoms in total. The van der Waals surface area contributed by atoms with E-state index in [1.807, 2.05) is 4.90 Å². The number of carboxylic acid groups (broad SMARTS) is 1. The number of hydrogen-bond acceptors (Lipinski definition) is 7. The van der Waals surface area contributed by atoms with Crippen LogP contribution in [0.5, 0.6) is 0 Å². The van der Waals surface area contributed by atoms with Gasteiger partial charge in [-0.15, -0.1) is 0 Å². The van der Waals surface area contributed by atoms with Crippen molar-refractivity contribution in [1.82, 2.24) is 10.6 Å². The molecule has 0 bridgehead atoms. The van der Waals surface area contributed by atoms with Crippen LogP contribution in [-0.2, 0) is 9.53 Å². The summed E-state index contributed by atoms with van der Waals surface area (Å²) in [4.78, 5) is 49.3. The highest BCUT2D eigenvalue weighted by Crippen LogP contribution is 2.32. The van der Waals surface area contributed by atoms with Crippen molar-refractivity contribution in [2.24, 2.45) is 0 Å². The summed E-state index contributed by atoms with van der Waals surface area (Å²) < 4.78 is 5.34. The summed E-state index contributed by atoms with van der Waals surface area (Å²) in [6.07, 6.45) is 2.63. The standard InChI is InChI=1S/C21H25N3O6S/c1-21(2,3)30-19(28)22-14-5-4-8-24(11-14)15-7-6-12(18(26)27)9-13(15)10-16-17(25)23-20(29)31-16/h6-7,9-10,14H,4-5,8,11H2,1-3H3,(H,22,28)(H,26,27)(H,23,25,29)/b16-10+. The number of carboxylic acids is 1. The molecule has 0 spiro atoms. The van der Waals surface area contributed by atoms with Crippen LogP contribution in [0.3, 0.4) is 0 Å². The molecular weight excluding hydrogens is 422 g/mol. The van der Waals surface area contributed by atoms with Crippen LogP contribution < -0.4 is 15.5 Å². The maximum atomic E-state index is 12.1. The van der Waals surface area contributed by atoms with Crippen LogP contribution in [0.4, 0.5) is 15.3 Å². The van der Waals surface area contributed by atoms with E-state index in [0.717, 1.165) is 30.3 Å². The lowest BCUT2D eigenvalue weighted by molar-refractivity contribution is -0.115. The molecule has 1 aromatic carbocycles. The number of hydrogen-bond donors (Lipinski definition) is 3. The Morgan fingerprint density at radius 2 is 2.06 bits per heavy atom.